The average Bonchev–Trinajstić information content (AvgIpc) is 2.76. The average molecular weight is 305 g/mol. The summed E-state index contributed by atoms with van der Waals surface area (Å²) >= 11 is 1.10. The van der Waals surface area contributed by atoms with Crippen LogP contribution in [0.1, 0.15) is 11.1 Å². The molecule has 0 aromatic heterocycles. The zero-order valence-corrected chi connectivity index (χ0v) is 10.6. The van der Waals surface area contributed by atoms with Gasteiger partial charge in [-0.05, 0) is 18.2 Å². The Hall–Kier alpha value is -1.90. The smallest absolute Gasteiger partial charge is 0.303 e. The molecular weight excluding hydrogens is 298 g/mol. The molecule has 1 fully saturated rings. The molecule has 0 spiro atoms. The topological polar surface area (TPSA) is 53.8 Å². The van der Waals surface area contributed by atoms with Gasteiger partial charge in [0.2, 0.25) is 5.91 Å². The summed E-state index contributed by atoms with van der Waals surface area (Å²) in [7, 11) is 0. The van der Waals surface area contributed by atoms with Gasteiger partial charge in [0.15, 0.2) is 5.17 Å². The minimum Gasteiger partial charge on any atom is -0.303 e. The zero-order chi connectivity index (χ0) is 14.8. The number of thioether (sulfide) groups is 1. The van der Waals surface area contributed by atoms with E-state index in [2.05, 4.69) is 15.5 Å². The van der Waals surface area contributed by atoms with E-state index in [9.17, 15) is 22.4 Å². The number of rotatable bonds is 2. The zero-order valence-electron chi connectivity index (χ0n) is 9.74. The lowest BCUT2D eigenvalue weighted by atomic mass is 10.1. The molecule has 0 saturated carbocycles. The van der Waals surface area contributed by atoms with Crippen molar-refractivity contribution in [2.75, 3.05) is 5.75 Å². The minimum atomic E-state index is -4.56. The number of carbonyl (C=O) groups is 1. The molecule has 0 atom stereocenters. The Kier molecular flexibility index (Phi) is 4.07. The fraction of sp³-hybridized carbons (Fsp3) is 0.182. The predicted molar refractivity (Wildman–Crippen MR) is 67.0 cm³/mol. The third-order valence-electron chi connectivity index (χ3n) is 2.26. The number of nitrogens with zero attached hydrogens (tertiary/aromatic N) is 2. The Balaban J connectivity index is 2.18. The summed E-state index contributed by atoms with van der Waals surface area (Å²) in [6.45, 7) is 0. The first-order valence-corrected chi connectivity index (χ1v) is 6.25. The van der Waals surface area contributed by atoms with Crippen LogP contribution in [0.15, 0.2) is 28.4 Å². The molecule has 4 nitrogen and oxygen atoms in total. The molecule has 0 bridgehead atoms. The summed E-state index contributed by atoms with van der Waals surface area (Å²) in [5, 5.41) is 9.63. The molecule has 9 heteroatoms. The van der Waals surface area contributed by atoms with Gasteiger partial charge in [0.05, 0.1) is 17.5 Å². The maximum Gasteiger partial charge on any atom is 0.416 e. The molecule has 0 radical (unpaired) electrons. The standard InChI is InChI=1S/C11H7F4N3OS/c12-8-2-1-7(11(13,14)15)3-6(8)4-16-18-10-17-9(19)5-20-10/h1-4H,5H2,(H,17,18,19). The molecule has 106 valence electrons. The lowest BCUT2D eigenvalue weighted by Crippen LogP contribution is -2.19. The van der Waals surface area contributed by atoms with Crippen molar-refractivity contribution in [1.29, 1.82) is 0 Å². The molecule has 1 aliphatic heterocycles. The highest BCUT2D eigenvalue weighted by Crippen LogP contribution is 2.29. The molecule has 1 aromatic carbocycles. The van der Waals surface area contributed by atoms with Crippen LogP contribution in [0.2, 0.25) is 0 Å². The summed E-state index contributed by atoms with van der Waals surface area (Å²) in [6.07, 6.45) is -3.69. The van der Waals surface area contributed by atoms with Crippen LogP contribution in [-0.2, 0) is 11.0 Å². The number of hydrogen-bond donors (Lipinski definition) is 1. The van der Waals surface area contributed by atoms with Gasteiger partial charge in [-0.3, -0.25) is 4.79 Å². The Morgan fingerprint density at radius 1 is 1.35 bits per heavy atom. The number of hydrogen-bond acceptors (Lipinski definition) is 4. The van der Waals surface area contributed by atoms with Crippen LogP contribution in [0, 0.1) is 5.82 Å². The van der Waals surface area contributed by atoms with Gasteiger partial charge in [0.1, 0.15) is 5.82 Å². The second-order valence-electron chi connectivity index (χ2n) is 3.72. The lowest BCUT2D eigenvalue weighted by Gasteiger charge is -2.07. The van der Waals surface area contributed by atoms with Gasteiger partial charge < -0.3 is 5.32 Å². The van der Waals surface area contributed by atoms with E-state index < -0.39 is 17.6 Å². The van der Waals surface area contributed by atoms with Crippen molar-refractivity contribution >= 4 is 29.1 Å². The molecular formula is C11H7F4N3OS. The second-order valence-corrected chi connectivity index (χ2v) is 4.68. The van der Waals surface area contributed by atoms with Crippen LogP contribution >= 0.6 is 11.8 Å². The SMILES string of the molecule is O=C1CSC(=NN=Cc2cc(C(F)(F)F)ccc2F)N1. The quantitative estimate of drug-likeness (QED) is 0.518. The first kappa shape index (κ1) is 14.5. The van der Waals surface area contributed by atoms with Crippen LogP contribution in [0.25, 0.3) is 0 Å². The third-order valence-corrected chi connectivity index (χ3v) is 3.12. The van der Waals surface area contributed by atoms with E-state index >= 15 is 0 Å². The van der Waals surface area contributed by atoms with Gasteiger partial charge >= 0.3 is 6.18 Å². The largest absolute Gasteiger partial charge is 0.416 e. The Bertz CT molecular complexity index is 598. The summed E-state index contributed by atoms with van der Waals surface area (Å²) in [4.78, 5) is 10.8. The highest BCUT2D eigenvalue weighted by atomic mass is 32.2. The van der Waals surface area contributed by atoms with Crippen LogP contribution < -0.4 is 5.32 Å². The Morgan fingerprint density at radius 2 is 2.10 bits per heavy atom. The Morgan fingerprint density at radius 3 is 2.70 bits per heavy atom. The van der Waals surface area contributed by atoms with Gasteiger partial charge in [-0.15, -0.1) is 5.10 Å². The van der Waals surface area contributed by atoms with Gasteiger partial charge in [0.25, 0.3) is 0 Å². The highest BCUT2D eigenvalue weighted by Gasteiger charge is 2.30. The summed E-state index contributed by atoms with van der Waals surface area (Å²) in [5.74, 6) is -0.883. The number of amidine groups is 1. The highest BCUT2D eigenvalue weighted by molar-refractivity contribution is 8.15. The molecule has 2 rings (SSSR count). The molecule has 1 N–H and O–H groups in total. The van der Waals surface area contributed by atoms with Crippen LogP contribution in [0.4, 0.5) is 17.6 Å². The number of carbonyl (C=O) groups excluding carboxylic acids is 1. The van der Waals surface area contributed by atoms with Crippen LogP contribution in [-0.4, -0.2) is 23.0 Å². The molecule has 1 aromatic rings. The number of halogens is 4. The summed E-state index contributed by atoms with van der Waals surface area (Å²) < 4.78 is 50.7. The number of amides is 1. The van der Waals surface area contributed by atoms with E-state index in [0.717, 1.165) is 18.0 Å². The van der Waals surface area contributed by atoms with Gasteiger partial charge in [0, 0.05) is 5.56 Å². The maximum absolute atomic E-state index is 13.3. The molecule has 1 heterocycles. The van der Waals surface area contributed by atoms with Crippen molar-refractivity contribution in [1.82, 2.24) is 5.32 Å². The van der Waals surface area contributed by atoms with Gasteiger partial charge in [-0.25, -0.2) is 4.39 Å². The lowest BCUT2D eigenvalue weighted by molar-refractivity contribution is -0.137. The summed E-state index contributed by atoms with van der Waals surface area (Å²) in [5.41, 5.74) is -1.31. The van der Waals surface area contributed by atoms with E-state index in [1.165, 1.54) is 0 Å². The number of alkyl halides is 3. The van der Waals surface area contributed by atoms with E-state index in [1.807, 2.05) is 0 Å². The molecule has 1 amide bonds. The summed E-state index contributed by atoms with van der Waals surface area (Å²) in [6, 6.07) is 1.99. The van der Waals surface area contributed by atoms with Gasteiger partial charge in [-0.1, -0.05) is 11.8 Å². The van der Waals surface area contributed by atoms with E-state index in [-0.39, 0.29) is 22.4 Å². The van der Waals surface area contributed by atoms with Crippen molar-refractivity contribution in [3.05, 3.63) is 35.1 Å². The van der Waals surface area contributed by atoms with Crippen molar-refractivity contribution < 1.29 is 22.4 Å². The minimum absolute atomic E-state index is 0.201. The fourth-order valence-electron chi connectivity index (χ4n) is 1.34. The monoisotopic (exact) mass is 305 g/mol. The molecule has 0 aliphatic carbocycles. The van der Waals surface area contributed by atoms with Crippen molar-refractivity contribution in [3.63, 3.8) is 0 Å². The number of benzene rings is 1. The number of nitrogens with one attached hydrogen (secondary N) is 1. The maximum atomic E-state index is 13.3. The van der Waals surface area contributed by atoms with E-state index in [0.29, 0.717) is 18.2 Å². The normalized spacial score (nSPS) is 18.0. The van der Waals surface area contributed by atoms with Crippen LogP contribution in [0.5, 0.6) is 0 Å². The van der Waals surface area contributed by atoms with Gasteiger partial charge in [-0.2, -0.15) is 18.3 Å². The van der Waals surface area contributed by atoms with Crippen LogP contribution in [0.3, 0.4) is 0 Å². The molecule has 1 saturated heterocycles. The molecule has 1 aliphatic rings. The second kappa shape index (κ2) is 5.61. The van der Waals surface area contributed by atoms with Crippen molar-refractivity contribution in [2.45, 2.75) is 6.18 Å². The first-order chi connectivity index (χ1) is 9.36. The van der Waals surface area contributed by atoms with E-state index in [1.54, 1.807) is 0 Å². The predicted octanol–water partition coefficient (Wildman–Crippen LogP) is 2.40. The fourth-order valence-corrected chi connectivity index (χ4v) is 1.97. The first-order valence-electron chi connectivity index (χ1n) is 5.26. The van der Waals surface area contributed by atoms with Crippen molar-refractivity contribution in [3.8, 4) is 0 Å². The Labute approximate surface area is 115 Å². The third kappa shape index (κ3) is 3.56. The van der Waals surface area contributed by atoms with E-state index in [4.69, 9.17) is 0 Å². The molecule has 0 unspecified atom stereocenters. The van der Waals surface area contributed by atoms with Crippen molar-refractivity contribution in [2.24, 2.45) is 10.2 Å². The molecule has 20 heavy (non-hydrogen) atoms.